The summed E-state index contributed by atoms with van der Waals surface area (Å²) in [4.78, 5) is 11.4. The molecule has 0 saturated heterocycles. The Kier molecular flexibility index (Phi) is 5.16. The fourth-order valence-corrected chi connectivity index (χ4v) is 2.65. The summed E-state index contributed by atoms with van der Waals surface area (Å²) in [5, 5.41) is 3.24. The van der Waals surface area contributed by atoms with Crippen LogP contribution in [-0.4, -0.2) is 44.1 Å². The van der Waals surface area contributed by atoms with Crippen molar-refractivity contribution in [3.63, 3.8) is 0 Å². The van der Waals surface area contributed by atoms with Gasteiger partial charge in [0, 0.05) is 6.04 Å². The van der Waals surface area contributed by atoms with Gasteiger partial charge in [-0.1, -0.05) is 0 Å². The number of rotatable bonds is 7. The van der Waals surface area contributed by atoms with Gasteiger partial charge in [-0.3, -0.25) is 4.79 Å². The lowest BCUT2D eigenvalue weighted by molar-refractivity contribution is -0.151. The Hall–Kier alpha value is -0.620. The van der Waals surface area contributed by atoms with Crippen LogP contribution in [0.5, 0.6) is 0 Å². The van der Waals surface area contributed by atoms with Gasteiger partial charge in [0.2, 0.25) is 0 Å². The molecular weight excluding hydrogens is 254 g/mol. The van der Waals surface area contributed by atoms with Crippen LogP contribution in [0, 0.1) is 0 Å². The predicted molar refractivity (Wildman–Crippen MR) is 70.1 cm³/mol. The third-order valence-electron chi connectivity index (χ3n) is 2.40. The first-order chi connectivity index (χ1) is 8.18. The van der Waals surface area contributed by atoms with Gasteiger partial charge in [0.1, 0.15) is 11.4 Å². The molecule has 0 unspecified atom stereocenters. The van der Waals surface area contributed by atoms with E-state index in [9.17, 15) is 13.2 Å². The number of sulfone groups is 1. The highest BCUT2D eigenvalue weighted by atomic mass is 32.2. The first-order valence-corrected chi connectivity index (χ1v) is 8.16. The van der Waals surface area contributed by atoms with Gasteiger partial charge in [-0.05, 0) is 46.6 Å². The topological polar surface area (TPSA) is 72.5 Å². The van der Waals surface area contributed by atoms with Crippen LogP contribution in [0.25, 0.3) is 0 Å². The molecule has 0 spiro atoms. The van der Waals surface area contributed by atoms with E-state index in [1.165, 1.54) is 12.8 Å². The molecule has 1 saturated carbocycles. The fraction of sp³-hybridized carbons (Fsp3) is 0.917. The summed E-state index contributed by atoms with van der Waals surface area (Å²) in [5.74, 6) is -1.16. The van der Waals surface area contributed by atoms with Crippen molar-refractivity contribution < 1.29 is 17.9 Å². The quantitative estimate of drug-likeness (QED) is 0.552. The minimum atomic E-state index is -3.35. The molecule has 1 aliphatic rings. The average molecular weight is 277 g/mol. The Morgan fingerprint density at radius 3 is 2.44 bits per heavy atom. The molecule has 1 fully saturated rings. The molecule has 1 N–H and O–H groups in total. The molecule has 6 heteroatoms. The fourth-order valence-electron chi connectivity index (χ4n) is 1.51. The molecule has 0 aliphatic heterocycles. The molecule has 0 bridgehead atoms. The molecule has 0 aromatic rings. The third-order valence-corrected chi connectivity index (χ3v) is 3.99. The number of esters is 1. The first-order valence-electron chi connectivity index (χ1n) is 6.34. The highest BCUT2D eigenvalue weighted by Crippen LogP contribution is 2.18. The molecule has 1 rings (SSSR count). The molecule has 0 radical (unpaired) electrons. The summed E-state index contributed by atoms with van der Waals surface area (Å²) in [5.41, 5.74) is -0.639. The summed E-state index contributed by atoms with van der Waals surface area (Å²) < 4.78 is 28.3. The lowest BCUT2D eigenvalue weighted by atomic mass is 10.2. The van der Waals surface area contributed by atoms with Crippen LogP contribution in [-0.2, 0) is 19.4 Å². The van der Waals surface area contributed by atoms with Crippen LogP contribution < -0.4 is 5.32 Å². The number of carbonyl (C=O) groups excluding carboxylic acids is 1. The maximum absolute atomic E-state index is 11.7. The van der Waals surface area contributed by atoms with Gasteiger partial charge in [0.15, 0.2) is 9.84 Å². The second kappa shape index (κ2) is 6.02. The number of ether oxygens (including phenoxy) is 1. The Balaban J connectivity index is 2.22. The van der Waals surface area contributed by atoms with E-state index in [1.54, 1.807) is 20.8 Å². The molecule has 5 nitrogen and oxygen atoms in total. The van der Waals surface area contributed by atoms with Crippen molar-refractivity contribution in [3.8, 4) is 0 Å². The van der Waals surface area contributed by atoms with Crippen molar-refractivity contribution in [2.75, 3.05) is 18.1 Å². The number of carbonyl (C=O) groups is 1. The molecule has 1 aliphatic carbocycles. The molecule has 18 heavy (non-hydrogen) atoms. The minimum absolute atomic E-state index is 0.0337. The molecule has 106 valence electrons. The van der Waals surface area contributed by atoms with E-state index in [0.29, 0.717) is 19.0 Å². The summed E-state index contributed by atoms with van der Waals surface area (Å²) in [6.45, 7) is 5.85. The zero-order valence-corrected chi connectivity index (χ0v) is 12.2. The second-order valence-corrected chi connectivity index (χ2v) is 7.94. The SMILES string of the molecule is CC(C)(C)OC(=O)CS(=O)(=O)CCCNC1CC1. The third kappa shape index (κ3) is 7.66. The summed E-state index contributed by atoms with van der Waals surface area (Å²) in [7, 11) is -3.35. The molecular formula is C12H23NO4S. The van der Waals surface area contributed by atoms with Crippen LogP contribution in [0.4, 0.5) is 0 Å². The van der Waals surface area contributed by atoms with Crippen LogP contribution in [0.2, 0.25) is 0 Å². The number of hydrogen-bond donors (Lipinski definition) is 1. The Labute approximate surface area is 109 Å². The van der Waals surface area contributed by atoms with Gasteiger partial charge in [0.05, 0.1) is 5.75 Å². The number of hydrogen-bond acceptors (Lipinski definition) is 5. The molecule has 0 amide bonds. The van der Waals surface area contributed by atoms with Crippen molar-refractivity contribution >= 4 is 15.8 Å². The maximum atomic E-state index is 11.7. The molecule has 0 atom stereocenters. The largest absolute Gasteiger partial charge is 0.459 e. The van der Waals surface area contributed by atoms with Crippen LogP contribution in [0.15, 0.2) is 0 Å². The maximum Gasteiger partial charge on any atom is 0.321 e. The summed E-state index contributed by atoms with van der Waals surface area (Å²) in [6.07, 6.45) is 2.91. The van der Waals surface area contributed by atoms with E-state index in [4.69, 9.17) is 4.74 Å². The van der Waals surface area contributed by atoms with E-state index in [-0.39, 0.29) is 5.75 Å². The zero-order chi connectivity index (χ0) is 13.8. The Bertz CT molecular complexity index is 379. The smallest absolute Gasteiger partial charge is 0.321 e. The van der Waals surface area contributed by atoms with Gasteiger partial charge in [-0.2, -0.15) is 0 Å². The zero-order valence-electron chi connectivity index (χ0n) is 11.4. The Morgan fingerprint density at radius 1 is 1.33 bits per heavy atom. The molecule has 0 aromatic heterocycles. The van der Waals surface area contributed by atoms with Crippen molar-refractivity contribution in [3.05, 3.63) is 0 Å². The minimum Gasteiger partial charge on any atom is -0.459 e. The van der Waals surface area contributed by atoms with Gasteiger partial charge < -0.3 is 10.1 Å². The lowest BCUT2D eigenvalue weighted by Crippen LogP contribution is -2.30. The predicted octanol–water partition coefficient (Wildman–Crippen LogP) is 0.885. The van der Waals surface area contributed by atoms with Gasteiger partial charge in [-0.15, -0.1) is 0 Å². The number of nitrogens with one attached hydrogen (secondary N) is 1. The second-order valence-electron chi connectivity index (χ2n) is 5.76. The normalized spacial score (nSPS) is 16.6. The van der Waals surface area contributed by atoms with Crippen molar-refractivity contribution in [2.24, 2.45) is 0 Å². The van der Waals surface area contributed by atoms with E-state index < -0.39 is 27.2 Å². The van der Waals surface area contributed by atoms with Crippen LogP contribution in [0.3, 0.4) is 0 Å². The van der Waals surface area contributed by atoms with Crippen LogP contribution >= 0.6 is 0 Å². The van der Waals surface area contributed by atoms with Gasteiger partial charge in [-0.25, -0.2) is 8.42 Å². The van der Waals surface area contributed by atoms with Gasteiger partial charge >= 0.3 is 5.97 Å². The van der Waals surface area contributed by atoms with E-state index in [0.717, 1.165) is 0 Å². The molecule has 0 heterocycles. The van der Waals surface area contributed by atoms with Crippen molar-refractivity contribution in [1.82, 2.24) is 5.32 Å². The van der Waals surface area contributed by atoms with Crippen LogP contribution in [0.1, 0.15) is 40.0 Å². The standard InChI is InChI=1S/C12H23NO4S/c1-12(2,3)17-11(14)9-18(15,16)8-4-7-13-10-5-6-10/h10,13H,4-9H2,1-3H3. The lowest BCUT2D eigenvalue weighted by Gasteiger charge is -2.19. The van der Waals surface area contributed by atoms with Gasteiger partial charge in [0.25, 0.3) is 0 Å². The van der Waals surface area contributed by atoms with Crippen molar-refractivity contribution in [1.29, 1.82) is 0 Å². The monoisotopic (exact) mass is 277 g/mol. The highest BCUT2D eigenvalue weighted by molar-refractivity contribution is 7.92. The van der Waals surface area contributed by atoms with E-state index in [1.807, 2.05) is 0 Å². The Morgan fingerprint density at radius 2 is 1.94 bits per heavy atom. The highest BCUT2D eigenvalue weighted by Gasteiger charge is 2.23. The summed E-state index contributed by atoms with van der Waals surface area (Å²) in [6, 6.07) is 0.582. The first kappa shape index (κ1) is 15.4. The van der Waals surface area contributed by atoms with Crippen molar-refractivity contribution in [2.45, 2.75) is 51.7 Å². The van der Waals surface area contributed by atoms with E-state index >= 15 is 0 Å². The average Bonchev–Trinajstić information content (AvgIpc) is 2.91. The molecule has 0 aromatic carbocycles. The van der Waals surface area contributed by atoms with E-state index in [2.05, 4.69) is 5.32 Å². The summed E-state index contributed by atoms with van der Waals surface area (Å²) >= 11 is 0.